The number of carbonyl (C=O) groups excluding carboxylic acids is 1. The molecule has 146 valence electrons. The number of piperazine rings is 1. The molecule has 24 heavy (non-hydrogen) atoms. The van der Waals surface area contributed by atoms with E-state index in [1.807, 2.05) is 13.8 Å². The van der Waals surface area contributed by atoms with E-state index in [4.69, 9.17) is 9.47 Å². The number of carbonyl (C=O) groups is 1. The fraction of sp³-hybridized carbons (Fsp3) is 0.944. The van der Waals surface area contributed by atoms with Gasteiger partial charge in [0, 0.05) is 39.3 Å². The monoisotopic (exact) mass is 347 g/mol. The Morgan fingerprint density at radius 2 is 1.46 bits per heavy atom. The van der Waals surface area contributed by atoms with Gasteiger partial charge in [-0.3, -0.25) is 9.69 Å². The van der Waals surface area contributed by atoms with Crippen molar-refractivity contribution >= 4 is 6.41 Å². The van der Waals surface area contributed by atoms with Crippen LogP contribution in [0.15, 0.2) is 0 Å². The Morgan fingerprint density at radius 3 is 1.96 bits per heavy atom. The minimum absolute atomic E-state index is 0.542. The van der Waals surface area contributed by atoms with Crippen LogP contribution in [0, 0.1) is 5.92 Å². The minimum atomic E-state index is 0.542. The average molecular weight is 348 g/mol. The van der Waals surface area contributed by atoms with Crippen molar-refractivity contribution in [2.75, 3.05) is 72.7 Å². The van der Waals surface area contributed by atoms with Crippen molar-refractivity contribution in [2.45, 2.75) is 34.6 Å². The molecule has 1 N–H and O–H groups in total. The fourth-order valence-electron chi connectivity index (χ4n) is 1.78. The Hall–Kier alpha value is -0.690. The molecule has 1 fully saturated rings. The summed E-state index contributed by atoms with van der Waals surface area (Å²) in [5, 5.41) is 2.54. The summed E-state index contributed by atoms with van der Waals surface area (Å²) in [5.74, 6) is 0.833. The quantitative estimate of drug-likeness (QED) is 0.481. The van der Waals surface area contributed by atoms with Crippen molar-refractivity contribution < 1.29 is 14.3 Å². The van der Waals surface area contributed by atoms with E-state index < -0.39 is 0 Å². The molecule has 1 heterocycles. The first-order valence-corrected chi connectivity index (χ1v) is 9.29. The second kappa shape index (κ2) is 20.4. The molecule has 6 heteroatoms. The van der Waals surface area contributed by atoms with Crippen molar-refractivity contribution in [2.24, 2.45) is 5.92 Å². The van der Waals surface area contributed by atoms with Gasteiger partial charge in [0.15, 0.2) is 0 Å². The first-order valence-electron chi connectivity index (χ1n) is 9.29. The molecular weight excluding hydrogens is 306 g/mol. The van der Waals surface area contributed by atoms with E-state index in [1.54, 1.807) is 0 Å². The van der Waals surface area contributed by atoms with Crippen LogP contribution in [0.25, 0.3) is 0 Å². The molecule has 1 saturated heterocycles. The van der Waals surface area contributed by atoms with Gasteiger partial charge in [0.2, 0.25) is 6.41 Å². The molecule has 0 aromatic heterocycles. The summed E-state index contributed by atoms with van der Waals surface area (Å²) < 4.78 is 10.8. The van der Waals surface area contributed by atoms with Crippen LogP contribution in [-0.2, 0) is 14.3 Å². The molecule has 0 atom stereocenters. The van der Waals surface area contributed by atoms with Crippen LogP contribution in [0.4, 0.5) is 0 Å². The van der Waals surface area contributed by atoms with Gasteiger partial charge in [0.25, 0.3) is 0 Å². The molecule has 6 nitrogen and oxygen atoms in total. The summed E-state index contributed by atoms with van der Waals surface area (Å²) in [5.41, 5.74) is 0. The van der Waals surface area contributed by atoms with Gasteiger partial charge in [0.1, 0.15) is 0 Å². The first kappa shape index (κ1) is 25.5. The largest absolute Gasteiger partial charge is 0.378 e. The first-order chi connectivity index (χ1) is 11.6. The van der Waals surface area contributed by atoms with E-state index in [1.165, 1.54) is 0 Å². The topological polar surface area (TPSA) is 54.0 Å². The number of ether oxygens (including phenoxy) is 2. The zero-order valence-corrected chi connectivity index (χ0v) is 16.8. The zero-order valence-electron chi connectivity index (χ0n) is 16.8. The average Bonchev–Trinajstić information content (AvgIpc) is 2.56. The number of hydrogen-bond donors (Lipinski definition) is 1. The van der Waals surface area contributed by atoms with Crippen LogP contribution < -0.4 is 5.32 Å². The van der Waals surface area contributed by atoms with Crippen LogP contribution in [0.5, 0.6) is 0 Å². The Morgan fingerprint density at radius 1 is 0.958 bits per heavy atom. The van der Waals surface area contributed by atoms with Gasteiger partial charge in [0.05, 0.1) is 26.4 Å². The predicted octanol–water partition coefficient (Wildman–Crippen LogP) is 1.70. The normalized spacial score (nSPS) is 15.1. The maximum absolute atomic E-state index is 9.95. The number of rotatable bonds is 10. The highest BCUT2D eigenvalue weighted by molar-refractivity contribution is 5.45. The van der Waals surface area contributed by atoms with E-state index >= 15 is 0 Å². The summed E-state index contributed by atoms with van der Waals surface area (Å²) in [4.78, 5) is 14.7. The lowest BCUT2D eigenvalue weighted by molar-refractivity contribution is -0.109. The maximum Gasteiger partial charge on any atom is 0.207 e. The van der Waals surface area contributed by atoms with Crippen LogP contribution in [0.3, 0.4) is 0 Å². The van der Waals surface area contributed by atoms with Crippen molar-refractivity contribution in [1.82, 2.24) is 15.1 Å². The Balaban J connectivity index is 0. The summed E-state index contributed by atoms with van der Waals surface area (Å²) in [6, 6.07) is 0. The molecule has 0 bridgehead atoms. The highest BCUT2D eigenvalue weighted by Gasteiger charge is 2.12. The molecule has 0 aromatic rings. The summed E-state index contributed by atoms with van der Waals surface area (Å²) in [7, 11) is 2.16. The van der Waals surface area contributed by atoms with E-state index in [0.717, 1.165) is 45.2 Å². The molecule has 0 unspecified atom stereocenters. The molecular formula is C18H41N3O3. The molecule has 0 saturated carbocycles. The van der Waals surface area contributed by atoms with Gasteiger partial charge in [-0.15, -0.1) is 0 Å². The second-order valence-corrected chi connectivity index (χ2v) is 6.17. The van der Waals surface area contributed by atoms with Gasteiger partial charge < -0.3 is 19.7 Å². The van der Waals surface area contributed by atoms with E-state index in [-0.39, 0.29) is 0 Å². The van der Waals surface area contributed by atoms with Crippen molar-refractivity contribution in [3.05, 3.63) is 0 Å². The van der Waals surface area contributed by atoms with Gasteiger partial charge >= 0.3 is 0 Å². The van der Waals surface area contributed by atoms with E-state index in [9.17, 15) is 4.79 Å². The maximum atomic E-state index is 9.95. The summed E-state index contributed by atoms with van der Waals surface area (Å²) >= 11 is 0. The third-order valence-electron chi connectivity index (χ3n) is 2.99. The zero-order chi connectivity index (χ0) is 18.6. The molecule has 1 amide bonds. The molecule has 1 aliphatic rings. The Labute approximate surface area is 149 Å². The highest BCUT2D eigenvalue weighted by Crippen LogP contribution is 1.98. The lowest BCUT2D eigenvalue weighted by Gasteiger charge is -2.32. The highest BCUT2D eigenvalue weighted by atomic mass is 16.5. The van der Waals surface area contributed by atoms with Crippen LogP contribution in [0.2, 0.25) is 0 Å². The number of nitrogens with one attached hydrogen (secondary N) is 1. The molecule has 0 aliphatic carbocycles. The molecule has 0 aromatic carbocycles. The number of nitrogens with zero attached hydrogens (tertiary/aromatic N) is 2. The number of likely N-dealkylation sites (N-methyl/N-ethyl adjacent to an activating group) is 1. The lowest BCUT2D eigenvalue weighted by Crippen LogP contribution is -2.45. The predicted molar refractivity (Wildman–Crippen MR) is 102 cm³/mol. The summed E-state index contributed by atoms with van der Waals surface area (Å²) in [6.45, 7) is 19.1. The van der Waals surface area contributed by atoms with Crippen molar-refractivity contribution in [3.8, 4) is 0 Å². The Bertz CT molecular complexity index is 243. The van der Waals surface area contributed by atoms with Crippen LogP contribution in [-0.4, -0.2) is 89.0 Å². The summed E-state index contributed by atoms with van der Waals surface area (Å²) in [6.07, 6.45) is 0.676. The second-order valence-electron chi connectivity index (χ2n) is 6.17. The van der Waals surface area contributed by atoms with Crippen molar-refractivity contribution in [1.29, 1.82) is 0 Å². The third-order valence-corrected chi connectivity index (χ3v) is 2.99. The van der Waals surface area contributed by atoms with Crippen LogP contribution >= 0.6 is 0 Å². The minimum Gasteiger partial charge on any atom is -0.378 e. The smallest absolute Gasteiger partial charge is 0.207 e. The third kappa shape index (κ3) is 21.3. The van der Waals surface area contributed by atoms with E-state index in [0.29, 0.717) is 32.8 Å². The molecule has 0 radical (unpaired) electrons. The van der Waals surface area contributed by atoms with Gasteiger partial charge in [-0.25, -0.2) is 0 Å². The molecule has 1 aliphatic heterocycles. The number of hydrogen-bond acceptors (Lipinski definition) is 5. The fourth-order valence-corrected chi connectivity index (χ4v) is 1.78. The van der Waals surface area contributed by atoms with Crippen LogP contribution in [0.1, 0.15) is 34.6 Å². The van der Waals surface area contributed by atoms with Crippen molar-refractivity contribution in [3.63, 3.8) is 0 Å². The Kier molecular flexibility index (Phi) is 21.7. The molecule has 0 spiro atoms. The van der Waals surface area contributed by atoms with E-state index in [2.05, 4.69) is 42.9 Å². The molecule has 1 rings (SSSR count). The standard InChI is InChI=1S/C12H25N3O3.C4H10.C2H6/c1-14-3-5-15(6-4-14)7-9-18-11-10-17-8-2-13-12-16;1-4(2)3;1-2/h12H,2-11H2,1H3,(H,13,16);4H,1-3H3;1-2H3. The lowest BCUT2D eigenvalue weighted by atomic mass is 10.3. The van der Waals surface area contributed by atoms with Gasteiger partial charge in [-0.2, -0.15) is 0 Å². The van der Waals surface area contributed by atoms with Gasteiger partial charge in [-0.1, -0.05) is 34.6 Å². The SMILES string of the molecule is CC.CC(C)C.CN1CCN(CCOCCOCCNC=O)CC1. The van der Waals surface area contributed by atoms with Gasteiger partial charge in [-0.05, 0) is 13.0 Å². The number of amides is 1.